The average molecular weight is 451 g/mol. The highest BCUT2D eigenvalue weighted by Gasteiger charge is 2.21. The molecule has 5 nitrogen and oxygen atoms in total. The second kappa shape index (κ2) is 10.5. The summed E-state index contributed by atoms with van der Waals surface area (Å²) in [6.45, 7) is 9.78. The van der Waals surface area contributed by atoms with Gasteiger partial charge in [0.15, 0.2) is 5.96 Å². The molecule has 0 atom stereocenters. The van der Waals surface area contributed by atoms with Crippen LogP contribution in [0.5, 0.6) is 0 Å². The fourth-order valence-corrected chi connectivity index (χ4v) is 3.50. The van der Waals surface area contributed by atoms with Crippen molar-refractivity contribution in [1.82, 2.24) is 20.5 Å². The number of likely N-dealkylation sites (tertiary alicyclic amines) is 1. The highest BCUT2D eigenvalue weighted by molar-refractivity contribution is 14.0. The number of aryl methyl sites for hydroxylation is 1. The van der Waals surface area contributed by atoms with Gasteiger partial charge < -0.3 is 15.5 Å². The molecule has 1 fully saturated rings. The van der Waals surface area contributed by atoms with Crippen LogP contribution in [0.1, 0.15) is 43.5 Å². The minimum Gasteiger partial charge on any atom is -0.354 e. The first-order chi connectivity index (χ1) is 10.6. The summed E-state index contributed by atoms with van der Waals surface area (Å²) in [6, 6.07) is 1.17. The first-order valence-electron chi connectivity index (χ1n) is 8.27. The fraction of sp³-hybridized carbons (Fsp3) is 0.750. The third kappa shape index (κ3) is 6.54. The number of rotatable bonds is 5. The van der Waals surface area contributed by atoms with Crippen LogP contribution in [0.4, 0.5) is 0 Å². The Morgan fingerprint density at radius 3 is 2.65 bits per heavy atom. The molecule has 0 radical (unpaired) electrons. The molecular weight excluding hydrogens is 421 g/mol. The summed E-state index contributed by atoms with van der Waals surface area (Å²) >= 11 is 1.77. The van der Waals surface area contributed by atoms with Gasteiger partial charge in [0.05, 0.1) is 6.54 Å². The molecule has 0 aromatic carbocycles. The SMILES string of the molecule is CCc1cnc(CNC(=NC)NC2CCN(C(C)C)CC2)s1.I. The summed E-state index contributed by atoms with van der Waals surface area (Å²) in [5.41, 5.74) is 0. The zero-order valence-corrected chi connectivity index (χ0v) is 17.8. The number of nitrogens with one attached hydrogen (secondary N) is 2. The quantitative estimate of drug-likeness (QED) is 0.411. The Morgan fingerprint density at radius 2 is 2.13 bits per heavy atom. The average Bonchev–Trinajstić information content (AvgIpc) is 3.00. The summed E-state index contributed by atoms with van der Waals surface area (Å²) in [4.78, 5) is 12.6. The van der Waals surface area contributed by atoms with Gasteiger partial charge in [-0.3, -0.25) is 4.99 Å². The van der Waals surface area contributed by atoms with Crippen LogP contribution in [0.15, 0.2) is 11.2 Å². The first-order valence-corrected chi connectivity index (χ1v) is 9.08. The molecule has 0 spiro atoms. The highest BCUT2D eigenvalue weighted by Crippen LogP contribution is 2.14. The van der Waals surface area contributed by atoms with Crippen LogP contribution in [-0.4, -0.2) is 48.1 Å². The van der Waals surface area contributed by atoms with E-state index in [1.807, 2.05) is 13.2 Å². The number of halogens is 1. The number of aromatic nitrogens is 1. The van der Waals surface area contributed by atoms with E-state index in [-0.39, 0.29) is 24.0 Å². The third-order valence-electron chi connectivity index (χ3n) is 4.18. The van der Waals surface area contributed by atoms with Crippen LogP contribution in [0.2, 0.25) is 0 Å². The topological polar surface area (TPSA) is 52.6 Å². The van der Waals surface area contributed by atoms with Gasteiger partial charge in [0.2, 0.25) is 0 Å². The van der Waals surface area contributed by atoms with Gasteiger partial charge in [-0.1, -0.05) is 6.92 Å². The van der Waals surface area contributed by atoms with Crippen molar-refractivity contribution in [2.45, 2.75) is 58.7 Å². The van der Waals surface area contributed by atoms with E-state index in [4.69, 9.17) is 0 Å². The number of piperidine rings is 1. The Hall–Kier alpha value is -0.410. The van der Waals surface area contributed by atoms with Crippen molar-refractivity contribution in [1.29, 1.82) is 0 Å². The Balaban J connectivity index is 0.00000264. The second-order valence-electron chi connectivity index (χ2n) is 6.05. The molecule has 0 aliphatic carbocycles. The van der Waals surface area contributed by atoms with Gasteiger partial charge in [-0.15, -0.1) is 35.3 Å². The molecule has 0 unspecified atom stereocenters. The molecule has 23 heavy (non-hydrogen) atoms. The number of guanidine groups is 1. The molecule has 0 saturated carbocycles. The van der Waals surface area contributed by atoms with Crippen molar-refractivity contribution in [2.24, 2.45) is 4.99 Å². The zero-order chi connectivity index (χ0) is 15.9. The van der Waals surface area contributed by atoms with Crippen LogP contribution in [-0.2, 0) is 13.0 Å². The lowest BCUT2D eigenvalue weighted by molar-refractivity contribution is 0.167. The van der Waals surface area contributed by atoms with E-state index in [9.17, 15) is 0 Å². The number of hydrogen-bond acceptors (Lipinski definition) is 4. The lowest BCUT2D eigenvalue weighted by Crippen LogP contribution is -2.49. The number of nitrogens with zero attached hydrogens (tertiary/aromatic N) is 3. The predicted molar refractivity (Wildman–Crippen MR) is 110 cm³/mol. The van der Waals surface area contributed by atoms with Gasteiger partial charge in [-0.25, -0.2) is 4.98 Å². The summed E-state index contributed by atoms with van der Waals surface area (Å²) in [5.74, 6) is 0.885. The van der Waals surface area contributed by atoms with Gasteiger partial charge in [-0.05, 0) is 33.1 Å². The number of thiazole rings is 1. The highest BCUT2D eigenvalue weighted by atomic mass is 127. The van der Waals surface area contributed by atoms with E-state index < -0.39 is 0 Å². The van der Waals surface area contributed by atoms with E-state index in [1.54, 1.807) is 11.3 Å². The molecule has 1 aromatic rings. The van der Waals surface area contributed by atoms with E-state index in [0.29, 0.717) is 12.1 Å². The van der Waals surface area contributed by atoms with Crippen molar-refractivity contribution in [3.63, 3.8) is 0 Å². The molecular formula is C16H30IN5S. The maximum atomic E-state index is 4.44. The van der Waals surface area contributed by atoms with Gasteiger partial charge in [0.25, 0.3) is 0 Å². The van der Waals surface area contributed by atoms with Gasteiger partial charge in [-0.2, -0.15) is 0 Å². The Morgan fingerprint density at radius 1 is 1.43 bits per heavy atom. The smallest absolute Gasteiger partial charge is 0.191 e. The van der Waals surface area contributed by atoms with Crippen LogP contribution in [0, 0.1) is 0 Å². The van der Waals surface area contributed by atoms with Crippen LogP contribution >= 0.6 is 35.3 Å². The van der Waals surface area contributed by atoms with Crippen molar-refractivity contribution < 1.29 is 0 Å². The molecule has 1 aliphatic heterocycles. The minimum atomic E-state index is 0. The first kappa shape index (κ1) is 20.6. The van der Waals surface area contributed by atoms with Crippen molar-refractivity contribution >= 4 is 41.3 Å². The molecule has 1 saturated heterocycles. The molecule has 1 aliphatic rings. The number of aliphatic imine (C=N–C) groups is 1. The molecule has 0 bridgehead atoms. The molecule has 7 heteroatoms. The minimum absolute atomic E-state index is 0. The van der Waals surface area contributed by atoms with Gasteiger partial charge in [0, 0.05) is 43.3 Å². The Bertz CT molecular complexity index is 481. The Kier molecular flexibility index (Phi) is 9.38. The van der Waals surface area contributed by atoms with Crippen molar-refractivity contribution in [3.05, 3.63) is 16.1 Å². The maximum Gasteiger partial charge on any atom is 0.191 e. The normalized spacial score (nSPS) is 17.2. The molecule has 2 rings (SSSR count). The van der Waals surface area contributed by atoms with Gasteiger partial charge >= 0.3 is 0 Å². The summed E-state index contributed by atoms with van der Waals surface area (Å²) in [6.07, 6.45) is 5.38. The van der Waals surface area contributed by atoms with E-state index in [0.717, 1.165) is 23.9 Å². The molecule has 132 valence electrons. The fourth-order valence-electron chi connectivity index (χ4n) is 2.70. The van der Waals surface area contributed by atoms with Crippen LogP contribution < -0.4 is 10.6 Å². The number of hydrogen-bond donors (Lipinski definition) is 2. The maximum absolute atomic E-state index is 4.44. The van der Waals surface area contributed by atoms with E-state index in [2.05, 4.69) is 46.3 Å². The van der Waals surface area contributed by atoms with E-state index >= 15 is 0 Å². The molecule has 0 amide bonds. The standard InChI is InChI=1S/C16H29N5S.HI/c1-5-14-10-18-15(22-14)11-19-16(17-4)20-13-6-8-21(9-7-13)12(2)3;/h10,12-13H,5-9,11H2,1-4H3,(H2,17,19,20);1H. The van der Waals surface area contributed by atoms with Crippen LogP contribution in [0.25, 0.3) is 0 Å². The van der Waals surface area contributed by atoms with Crippen LogP contribution in [0.3, 0.4) is 0 Å². The molecule has 2 N–H and O–H groups in total. The zero-order valence-electron chi connectivity index (χ0n) is 14.6. The van der Waals surface area contributed by atoms with Crippen molar-refractivity contribution in [3.8, 4) is 0 Å². The summed E-state index contributed by atoms with van der Waals surface area (Å²) < 4.78 is 0. The van der Waals surface area contributed by atoms with Crippen molar-refractivity contribution in [2.75, 3.05) is 20.1 Å². The second-order valence-corrected chi connectivity index (χ2v) is 7.25. The summed E-state index contributed by atoms with van der Waals surface area (Å²) in [7, 11) is 1.83. The lowest BCUT2D eigenvalue weighted by atomic mass is 10.0. The monoisotopic (exact) mass is 451 g/mol. The lowest BCUT2D eigenvalue weighted by Gasteiger charge is -2.35. The largest absolute Gasteiger partial charge is 0.354 e. The summed E-state index contributed by atoms with van der Waals surface area (Å²) in [5, 5.41) is 8.04. The van der Waals surface area contributed by atoms with E-state index in [1.165, 1.54) is 30.8 Å². The van der Waals surface area contributed by atoms with Gasteiger partial charge in [0.1, 0.15) is 5.01 Å². The molecule has 1 aromatic heterocycles. The predicted octanol–water partition coefficient (Wildman–Crippen LogP) is 2.86. The third-order valence-corrected chi connectivity index (χ3v) is 5.32. The molecule has 2 heterocycles. The Labute approximate surface area is 161 Å².